The summed E-state index contributed by atoms with van der Waals surface area (Å²) in [4.78, 5) is 12.7. The van der Waals surface area contributed by atoms with E-state index in [0.29, 0.717) is 48.5 Å². The molecule has 3 aromatic carbocycles. The van der Waals surface area contributed by atoms with E-state index in [0.717, 1.165) is 43.2 Å². The lowest BCUT2D eigenvalue weighted by Gasteiger charge is -2.33. The van der Waals surface area contributed by atoms with Gasteiger partial charge in [-0.3, -0.25) is 0 Å². The number of hydrogen-bond acceptors (Lipinski definition) is 5. The van der Waals surface area contributed by atoms with Crippen LogP contribution in [0.25, 0.3) is 6.08 Å². The minimum absolute atomic E-state index is 0.0906. The number of rotatable bonds is 14. The number of nitrogen functional groups attached to an aromatic ring is 2. The molecular formula is C37H45F2N2O3. The second-order valence-corrected chi connectivity index (χ2v) is 12.4. The maximum absolute atomic E-state index is 14.9. The van der Waals surface area contributed by atoms with Crippen LogP contribution in [0.1, 0.15) is 68.6 Å². The predicted molar refractivity (Wildman–Crippen MR) is 174 cm³/mol. The van der Waals surface area contributed by atoms with Crippen LogP contribution in [0.4, 0.5) is 20.2 Å². The van der Waals surface area contributed by atoms with E-state index >= 15 is 0 Å². The summed E-state index contributed by atoms with van der Waals surface area (Å²) < 4.78 is 40.6. The number of ether oxygens (including phenoxy) is 2. The summed E-state index contributed by atoms with van der Waals surface area (Å²) in [5, 5.41) is 0. The Bertz CT molecular complexity index is 1300. The van der Waals surface area contributed by atoms with Crippen LogP contribution >= 0.6 is 0 Å². The summed E-state index contributed by atoms with van der Waals surface area (Å²) in [5.74, 6) is -0.629. The number of carbonyl (C=O) groups excluding carboxylic acids is 1. The Hall–Kier alpha value is -3.87. The van der Waals surface area contributed by atoms with E-state index in [2.05, 4.69) is 13.8 Å². The molecule has 0 atom stereocenters. The van der Waals surface area contributed by atoms with Gasteiger partial charge in [0.05, 0.1) is 12.5 Å². The molecule has 1 fully saturated rings. The quantitative estimate of drug-likeness (QED) is 0.109. The number of nitrogens with two attached hydrogens (primary N) is 2. The molecule has 0 amide bonds. The monoisotopic (exact) mass is 603 g/mol. The number of alkyl halides is 2. The van der Waals surface area contributed by atoms with Crippen LogP contribution in [0.5, 0.6) is 5.75 Å². The van der Waals surface area contributed by atoms with Crippen molar-refractivity contribution in [2.45, 2.75) is 70.8 Å². The summed E-state index contributed by atoms with van der Waals surface area (Å²) in [7, 11) is 0. The van der Waals surface area contributed by atoms with Gasteiger partial charge in [0.25, 0.3) is 0 Å². The Morgan fingerprint density at radius 1 is 0.886 bits per heavy atom. The van der Waals surface area contributed by atoms with Gasteiger partial charge in [-0.2, -0.15) is 8.78 Å². The van der Waals surface area contributed by atoms with Crippen molar-refractivity contribution in [2.24, 2.45) is 17.3 Å². The van der Waals surface area contributed by atoms with E-state index in [4.69, 9.17) is 20.9 Å². The molecule has 0 aliphatic heterocycles. The topological polar surface area (TPSA) is 87.6 Å². The summed E-state index contributed by atoms with van der Waals surface area (Å²) in [6.07, 6.45) is 6.91. The van der Waals surface area contributed by atoms with E-state index in [1.807, 2.05) is 48.5 Å². The second-order valence-electron chi connectivity index (χ2n) is 12.4. The molecule has 4 rings (SSSR count). The van der Waals surface area contributed by atoms with E-state index < -0.39 is 23.4 Å². The molecule has 0 bridgehead atoms. The maximum Gasteiger partial charge on any atom is 0.400 e. The van der Waals surface area contributed by atoms with E-state index in [1.165, 1.54) is 18.2 Å². The molecule has 4 N–H and O–H groups in total. The zero-order valence-electron chi connectivity index (χ0n) is 25.7. The maximum atomic E-state index is 14.9. The zero-order chi connectivity index (χ0) is 31.6. The highest BCUT2D eigenvalue weighted by atomic mass is 19.3. The van der Waals surface area contributed by atoms with Crippen LogP contribution in [-0.2, 0) is 22.4 Å². The molecule has 1 aliphatic carbocycles. The van der Waals surface area contributed by atoms with Gasteiger partial charge in [0.2, 0.25) is 0 Å². The van der Waals surface area contributed by atoms with Gasteiger partial charge in [-0.25, -0.2) is 4.79 Å². The fourth-order valence-electron chi connectivity index (χ4n) is 5.91. The minimum atomic E-state index is -3.21. The molecule has 7 heteroatoms. The van der Waals surface area contributed by atoms with Gasteiger partial charge in [-0.1, -0.05) is 62.6 Å². The third-order valence-corrected chi connectivity index (χ3v) is 8.47. The van der Waals surface area contributed by atoms with Crippen molar-refractivity contribution in [1.29, 1.82) is 0 Å². The molecule has 0 aromatic heterocycles. The first-order valence-electron chi connectivity index (χ1n) is 15.6. The van der Waals surface area contributed by atoms with Crippen molar-refractivity contribution in [2.75, 3.05) is 18.1 Å². The fourth-order valence-corrected chi connectivity index (χ4v) is 5.91. The first-order valence-corrected chi connectivity index (χ1v) is 15.6. The van der Waals surface area contributed by atoms with Crippen LogP contribution in [0.3, 0.4) is 0 Å². The molecule has 5 nitrogen and oxygen atoms in total. The Kier molecular flexibility index (Phi) is 11.4. The summed E-state index contributed by atoms with van der Waals surface area (Å²) >= 11 is 0. The van der Waals surface area contributed by atoms with Gasteiger partial charge in [0.1, 0.15) is 5.75 Å². The van der Waals surface area contributed by atoms with Gasteiger partial charge in [0.15, 0.2) is 0 Å². The lowest BCUT2D eigenvalue weighted by atomic mass is 9.79. The Morgan fingerprint density at radius 3 is 1.95 bits per heavy atom. The molecule has 1 radical (unpaired) electrons. The molecule has 3 aromatic rings. The average Bonchev–Trinajstić information content (AvgIpc) is 3.01. The van der Waals surface area contributed by atoms with Crippen molar-refractivity contribution in [3.63, 3.8) is 0 Å². The standard InChI is InChI=1S/C37H45F2N2O3/c1-3-4-5-27-6-15-31(16-7-27)37(38,39)44-34-21-12-28(13-22-34)14-23-35(42)43-26-36(2,24-29-8-17-32(40)18-9-29)25-30-10-19-33(41)20-11-30/h8-14,17-23,27,31H,2-7,15-16,24-26,40-41H2,1H3/b23-14+. The average molecular weight is 604 g/mol. The zero-order valence-corrected chi connectivity index (χ0v) is 25.7. The van der Waals surface area contributed by atoms with Crippen LogP contribution in [-0.4, -0.2) is 18.7 Å². The van der Waals surface area contributed by atoms with E-state index in [-0.39, 0.29) is 12.4 Å². The van der Waals surface area contributed by atoms with Crippen LogP contribution in [0.15, 0.2) is 78.9 Å². The number of carbonyl (C=O) groups is 1. The molecule has 1 saturated carbocycles. The number of hydrogen-bond donors (Lipinski definition) is 2. The molecule has 0 heterocycles. The molecule has 0 unspecified atom stereocenters. The lowest BCUT2D eigenvalue weighted by Crippen LogP contribution is -2.37. The first-order chi connectivity index (χ1) is 21.0. The normalized spacial score (nSPS) is 17.5. The SMILES string of the molecule is [CH2]C(COC(=O)/C=C/c1ccc(OC(F)(F)C2CCC(CCCC)CC2)cc1)(Cc1ccc(N)cc1)Cc1ccc(N)cc1. The molecule has 44 heavy (non-hydrogen) atoms. The lowest BCUT2D eigenvalue weighted by molar-refractivity contribution is -0.223. The van der Waals surface area contributed by atoms with Gasteiger partial charge in [-0.05, 0) is 111 Å². The summed E-state index contributed by atoms with van der Waals surface area (Å²) in [5.41, 5.74) is 15.1. The molecule has 235 valence electrons. The molecular weight excluding hydrogens is 558 g/mol. The predicted octanol–water partition coefficient (Wildman–Crippen LogP) is 8.68. The third kappa shape index (κ3) is 10.1. The van der Waals surface area contributed by atoms with Gasteiger partial charge in [0, 0.05) is 22.9 Å². The largest absolute Gasteiger partial charge is 0.462 e. The molecule has 1 aliphatic rings. The van der Waals surface area contributed by atoms with Gasteiger partial charge in [-0.15, -0.1) is 0 Å². The highest BCUT2D eigenvalue weighted by Crippen LogP contribution is 2.41. The van der Waals surface area contributed by atoms with Crippen molar-refractivity contribution >= 4 is 23.4 Å². The Morgan fingerprint density at radius 2 is 1.43 bits per heavy atom. The Balaban J connectivity index is 1.31. The first kappa shape index (κ1) is 33.0. The smallest absolute Gasteiger partial charge is 0.400 e. The second kappa shape index (κ2) is 15.2. The van der Waals surface area contributed by atoms with Crippen molar-refractivity contribution in [3.05, 3.63) is 102 Å². The van der Waals surface area contributed by atoms with Gasteiger partial charge < -0.3 is 20.9 Å². The number of benzene rings is 3. The third-order valence-electron chi connectivity index (χ3n) is 8.47. The number of anilines is 2. The van der Waals surface area contributed by atoms with Crippen LogP contribution in [0.2, 0.25) is 0 Å². The van der Waals surface area contributed by atoms with E-state index in [9.17, 15) is 13.6 Å². The number of esters is 1. The highest BCUT2D eigenvalue weighted by Gasteiger charge is 2.43. The van der Waals surface area contributed by atoms with Crippen LogP contribution in [0, 0.1) is 24.2 Å². The van der Waals surface area contributed by atoms with Crippen molar-refractivity contribution in [1.82, 2.24) is 0 Å². The number of unbranched alkanes of at least 4 members (excludes halogenated alkanes) is 1. The molecule has 0 saturated heterocycles. The highest BCUT2D eigenvalue weighted by molar-refractivity contribution is 5.87. The fraction of sp³-hybridized carbons (Fsp3) is 0.405. The number of halogens is 2. The molecule has 0 spiro atoms. The minimum Gasteiger partial charge on any atom is -0.462 e. The summed E-state index contributed by atoms with van der Waals surface area (Å²) in [6.45, 7) is 6.69. The van der Waals surface area contributed by atoms with E-state index in [1.54, 1.807) is 18.2 Å². The summed E-state index contributed by atoms with van der Waals surface area (Å²) in [6, 6.07) is 21.4. The van der Waals surface area contributed by atoms with Gasteiger partial charge >= 0.3 is 12.1 Å². The Labute approximate surface area is 260 Å². The van der Waals surface area contributed by atoms with Crippen LogP contribution < -0.4 is 16.2 Å². The van der Waals surface area contributed by atoms with Crippen molar-refractivity contribution in [3.8, 4) is 5.75 Å². The van der Waals surface area contributed by atoms with Crippen molar-refractivity contribution < 1.29 is 23.0 Å².